The van der Waals surface area contributed by atoms with Crippen molar-refractivity contribution in [1.29, 1.82) is 0 Å². The zero-order chi connectivity index (χ0) is 14.2. The molecule has 1 aliphatic heterocycles. The highest BCUT2D eigenvalue weighted by molar-refractivity contribution is 5.78. The lowest BCUT2D eigenvalue weighted by atomic mass is 9.83. The summed E-state index contributed by atoms with van der Waals surface area (Å²) in [6, 6.07) is 0. The lowest BCUT2D eigenvalue weighted by Crippen LogP contribution is -2.46. The maximum absolute atomic E-state index is 12.1. The van der Waals surface area contributed by atoms with E-state index >= 15 is 0 Å². The van der Waals surface area contributed by atoms with Crippen molar-refractivity contribution in [1.82, 2.24) is 15.5 Å². The molecule has 1 saturated carbocycles. The normalized spacial score (nSPS) is 23.4. The van der Waals surface area contributed by atoms with E-state index in [-0.39, 0.29) is 11.8 Å². The minimum absolute atomic E-state index is 0.182. The molecule has 4 heteroatoms. The van der Waals surface area contributed by atoms with Gasteiger partial charge in [-0.2, -0.15) is 0 Å². The average Bonchev–Trinajstić information content (AvgIpc) is 2.49. The molecule has 1 atom stereocenters. The summed E-state index contributed by atoms with van der Waals surface area (Å²) in [5.74, 6) is 1.23. The topological polar surface area (TPSA) is 44.4 Å². The standard InChI is InChI=1S/C16H31N3O/c1-14(13-15-5-3-2-4-6-15)16(20)18-9-12-19-10-7-17-8-11-19/h14-15,17H,2-13H2,1H3,(H,18,20). The Kier molecular flexibility index (Phi) is 6.80. The van der Waals surface area contributed by atoms with Crippen LogP contribution in [0.25, 0.3) is 0 Å². The summed E-state index contributed by atoms with van der Waals surface area (Å²) in [7, 11) is 0. The second kappa shape index (κ2) is 8.63. The Hall–Kier alpha value is -0.610. The minimum atomic E-state index is 0.182. The molecule has 20 heavy (non-hydrogen) atoms. The lowest BCUT2D eigenvalue weighted by Gasteiger charge is -2.27. The lowest BCUT2D eigenvalue weighted by molar-refractivity contribution is -0.125. The van der Waals surface area contributed by atoms with Gasteiger partial charge in [0.1, 0.15) is 0 Å². The molecule has 0 radical (unpaired) electrons. The van der Waals surface area contributed by atoms with E-state index in [4.69, 9.17) is 0 Å². The molecule has 2 rings (SSSR count). The Morgan fingerprint density at radius 2 is 1.95 bits per heavy atom. The molecule has 2 aliphatic rings. The maximum atomic E-state index is 12.1. The van der Waals surface area contributed by atoms with Crippen LogP contribution in [-0.4, -0.2) is 50.1 Å². The van der Waals surface area contributed by atoms with Gasteiger partial charge in [-0.05, 0) is 12.3 Å². The molecule has 2 fully saturated rings. The van der Waals surface area contributed by atoms with Gasteiger partial charge >= 0.3 is 0 Å². The van der Waals surface area contributed by atoms with Gasteiger partial charge in [0, 0.05) is 45.2 Å². The predicted molar refractivity (Wildman–Crippen MR) is 82.7 cm³/mol. The molecule has 0 aromatic rings. The Morgan fingerprint density at radius 3 is 2.65 bits per heavy atom. The quantitative estimate of drug-likeness (QED) is 0.777. The molecule has 0 aromatic carbocycles. The molecule has 116 valence electrons. The van der Waals surface area contributed by atoms with E-state index in [1.54, 1.807) is 0 Å². The summed E-state index contributed by atoms with van der Waals surface area (Å²) in [4.78, 5) is 14.5. The van der Waals surface area contributed by atoms with Crippen LogP contribution in [0.5, 0.6) is 0 Å². The second-order valence-corrected chi connectivity index (χ2v) is 6.52. The van der Waals surface area contributed by atoms with Crippen LogP contribution in [0.1, 0.15) is 45.4 Å². The molecule has 1 unspecified atom stereocenters. The van der Waals surface area contributed by atoms with Crippen molar-refractivity contribution in [3.8, 4) is 0 Å². The number of carbonyl (C=O) groups is 1. The summed E-state index contributed by atoms with van der Waals surface area (Å²) in [6.45, 7) is 8.24. The molecular formula is C16H31N3O. The molecule has 1 heterocycles. The average molecular weight is 281 g/mol. The van der Waals surface area contributed by atoms with E-state index in [1.807, 2.05) is 0 Å². The van der Waals surface area contributed by atoms with Crippen molar-refractivity contribution in [3.05, 3.63) is 0 Å². The van der Waals surface area contributed by atoms with Gasteiger partial charge in [0.05, 0.1) is 0 Å². The molecule has 0 bridgehead atoms. The third kappa shape index (κ3) is 5.41. The summed E-state index contributed by atoms with van der Waals surface area (Å²) in [5.41, 5.74) is 0. The van der Waals surface area contributed by atoms with Crippen molar-refractivity contribution >= 4 is 5.91 Å². The Labute approximate surface area is 123 Å². The van der Waals surface area contributed by atoms with Crippen molar-refractivity contribution in [2.75, 3.05) is 39.3 Å². The number of hydrogen-bond acceptors (Lipinski definition) is 3. The number of amides is 1. The Bertz CT molecular complexity index is 283. The van der Waals surface area contributed by atoms with Gasteiger partial charge in [0.2, 0.25) is 5.91 Å². The molecule has 2 N–H and O–H groups in total. The van der Waals surface area contributed by atoms with E-state index in [0.29, 0.717) is 0 Å². The first-order chi connectivity index (χ1) is 9.75. The number of rotatable bonds is 6. The molecule has 1 aliphatic carbocycles. The van der Waals surface area contributed by atoms with Gasteiger partial charge < -0.3 is 10.6 Å². The number of nitrogens with zero attached hydrogens (tertiary/aromatic N) is 1. The zero-order valence-electron chi connectivity index (χ0n) is 13.0. The molecular weight excluding hydrogens is 250 g/mol. The van der Waals surface area contributed by atoms with Crippen LogP contribution in [0.4, 0.5) is 0 Å². The van der Waals surface area contributed by atoms with Crippen LogP contribution < -0.4 is 10.6 Å². The van der Waals surface area contributed by atoms with Gasteiger partial charge in [-0.1, -0.05) is 39.0 Å². The van der Waals surface area contributed by atoms with E-state index in [9.17, 15) is 4.79 Å². The van der Waals surface area contributed by atoms with Gasteiger partial charge in [0.25, 0.3) is 0 Å². The summed E-state index contributed by atoms with van der Waals surface area (Å²) >= 11 is 0. The van der Waals surface area contributed by atoms with Crippen LogP contribution >= 0.6 is 0 Å². The van der Waals surface area contributed by atoms with Crippen LogP contribution in [0, 0.1) is 11.8 Å². The van der Waals surface area contributed by atoms with Crippen molar-refractivity contribution in [2.24, 2.45) is 11.8 Å². The highest BCUT2D eigenvalue weighted by Gasteiger charge is 2.20. The van der Waals surface area contributed by atoms with Gasteiger partial charge in [-0.3, -0.25) is 9.69 Å². The number of piperazine rings is 1. The van der Waals surface area contributed by atoms with Crippen LogP contribution in [0.3, 0.4) is 0 Å². The molecule has 0 spiro atoms. The third-order valence-electron chi connectivity index (χ3n) is 4.80. The first-order valence-electron chi connectivity index (χ1n) is 8.46. The van der Waals surface area contributed by atoms with Crippen molar-refractivity contribution < 1.29 is 4.79 Å². The van der Waals surface area contributed by atoms with Crippen LogP contribution in [-0.2, 0) is 4.79 Å². The summed E-state index contributed by atoms with van der Waals surface area (Å²) in [5, 5.41) is 6.47. The fraction of sp³-hybridized carbons (Fsp3) is 0.938. The van der Waals surface area contributed by atoms with Gasteiger partial charge in [-0.15, -0.1) is 0 Å². The molecule has 4 nitrogen and oxygen atoms in total. The minimum Gasteiger partial charge on any atom is -0.355 e. The van der Waals surface area contributed by atoms with E-state index in [0.717, 1.165) is 51.6 Å². The van der Waals surface area contributed by atoms with Crippen LogP contribution in [0.2, 0.25) is 0 Å². The summed E-state index contributed by atoms with van der Waals surface area (Å²) in [6.07, 6.45) is 7.86. The monoisotopic (exact) mass is 281 g/mol. The number of hydrogen-bond donors (Lipinski definition) is 2. The predicted octanol–water partition coefficient (Wildman–Crippen LogP) is 1.61. The van der Waals surface area contributed by atoms with Crippen LogP contribution in [0.15, 0.2) is 0 Å². The molecule has 1 saturated heterocycles. The van der Waals surface area contributed by atoms with Crippen molar-refractivity contribution in [3.63, 3.8) is 0 Å². The molecule has 0 aromatic heterocycles. The maximum Gasteiger partial charge on any atom is 0.222 e. The Morgan fingerprint density at radius 1 is 1.25 bits per heavy atom. The van der Waals surface area contributed by atoms with E-state index in [2.05, 4.69) is 22.5 Å². The highest BCUT2D eigenvalue weighted by Crippen LogP contribution is 2.28. The van der Waals surface area contributed by atoms with E-state index in [1.165, 1.54) is 32.1 Å². The fourth-order valence-corrected chi connectivity index (χ4v) is 3.48. The van der Waals surface area contributed by atoms with E-state index < -0.39 is 0 Å². The first-order valence-corrected chi connectivity index (χ1v) is 8.46. The number of carbonyl (C=O) groups excluding carboxylic acids is 1. The van der Waals surface area contributed by atoms with Crippen molar-refractivity contribution in [2.45, 2.75) is 45.4 Å². The third-order valence-corrected chi connectivity index (χ3v) is 4.80. The molecule has 1 amide bonds. The number of nitrogens with one attached hydrogen (secondary N) is 2. The SMILES string of the molecule is CC(CC1CCCCC1)C(=O)NCCN1CCNCC1. The van der Waals surface area contributed by atoms with Gasteiger partial charge in [0.15, 0.2) is 0 Å². The zero-order valence-corrected chi connectivity index (χ0v) is 13.0. The summed E-state index contributed by atoms with van der Waals surface area (Å²) < 4.78 is 0. The smallest absolute Gasteiger partial charge is 0.222 e. The largest absolute Gasteiger partial charge is 0.355 e. The fourth-order valence-electron chi connectivity index (χ4n) is 3.48. The van der Waals surface area contributed by atoms with Gasteiger partial charge in [-0.25, -0.2) is 0 Å². The second-order valence-electron chi connectivity index (χ2n) is 6.52. The highest BCUT2D eigenvalue weighted by atomic mass is 16.1. The first kappa shape index (κ1) is 15.8. The Balaban J connectivity index is 1.58.